The molecule has 1 aliphatic heterocycles. The first-order chi connectivity index (χ1) is 9.25. The molecule has 0 spiro atoms. The van der Waals surface area contributed by atoms with Crippen LogP contribution in [0.3, 0.4) is 0 Å². The Labute approximate surface area is 111 Å². The van der Waals surface area contributed by atoms with Gasteiger partial charge in [-0.05, 0) is 23.6 Å². The van der Waals surface area contributed by atoms with Crippen LogP contribution in [0.1, 0.15) is 22.9 Å². The third-order valence-corrected chi connectivity index (χ3v) is 3.57. The molecule has 0 bridgehead atoms. The van der Waals surface area contributed by atoms with Crippen molar-refractivity contribution in [3.8, 4) is 0 Å². The van der Waals surface area contributed by atoms with Gasteiger partial charge in [-0.15, -0.1) is 0 Å². The second-order valence-corrected chi connectivity index (χ2v) is 4.82. The number of alkyl halides is 1. The molecule has 0 aliphatic carbocycles. The fourth-order valence-corrected chi connectivity index (χ4v) is 2.59. The Hall–Kier alpha value is -1.90. The summed E-state index contributed by atoms with van der Waals surface area (Å²) in [6.45, 7) is 0.846. The van der Waals surface area contributed by atoms with Gasteiger partial charge in [0.15, 0.2) is 0 Å². The first kappa shape index (κ1) is 12.2. The zero-order valence-electron chi connectivity index (χ0n) is 10.5. The predicted octanol–water partition coefficient (Wildman–Crippen LogP) is 4.05. The summed E-state index contributed by atoms with van der Waals surface area (Å²) in [4.78, 5) is 0. The van der Waals surface area contributed by atoms with Gasteiger partial charge in [0.2, 0.25) is 0 Å². The SMILES string of the molecule is Fc1ccccc1CC(F)c1cccc2c1NCC2. The first-order valence-corrected chi connectivity index (χ1v) is 6.49. The molecular formula is C16H15F2N. The van der Waals surface area contributed by atoms with Crippen LogP contribution in [0.25, 0.3) is 0 Å². The smallest absolute Gasteiger partial charge is 0.131 e. The number of rotatable bonds is 3. The van der Waals surface area contributed by atoms with E-state index in [0.717, 1.165) is 24.2 Å². The molecule has 1 aliphatic rings. The Morgan fingerprint density at radius 3 is 2.79 bits per heavy atom. The van der Waals surface area contributed by atoms with Crippen LogP contribution in [0.5, 0.6) is 0 Å². The summed E-state index contributed by atoms with van der Waals surface area (Å²) >= 11 is 0. The van der Waals surface area contributed by atoms with Gasteiger partial charge in [-0.3, -0.25) is 0 Å². The Morgan fingerprint density at radius 2 is 1.95 bits per heavy atom. The predicted molar refractivity (Wildman–Crippen MR) is 72.6 cm³/mol. The minimum absolute atomic E-state index is 0.0742. The molecule has 19 heavy (non-hydrogen) atoms. The van der Waals surface area contributed by atoms with Crippen LogP contribution in [0.2, 0.25) is 0 Å². The van der Waals surface area contributed by atoms with Crippen molar-refractivity contribution in [2.45, 2.75) is 19.0 Å². The summed E-state index contributed by atoms with van der Waals surface area (Å²) in [5.41, 5.74) is 3.10. The van der Waals surface area contributed by atoms with E-state index >= 15 is 0 Å². The van der Waals surface area contributed by atoms with Gasteiger partial charge in [0.05, 0.1) is 0 Å². The lowest BCUT2D eigenvalue weighted by molar-refractivity contribution is 0.339. The summed E-state index contributed by atoms with van der Waals surface area (Å²) in [5.74, 6) is -0.342. The van der Waals surface area contributed by atoms with Crippen molar-refractivity contribution >= 4 is 5.69 Å². The highest BCUT2D eigenvalue weighted by molar-refractivity contribution is 5.62. The van der Waals surface area contributed by atoms with Crippen LogP contribution in [-0.2, 0) is 12.8 Å². The van der Waals surface area contributed by atoms with Gasteiger partial charge in [-0.2, -0.15) is 0 Å². The molecule has 2 aromatic rings. The molecule has 1 nitrogen and oxygen atoms in total. The quantitative estimate of drug-likeness (QED) is 0.877. The van der Waals surface area contributed by atoms with Crippen molar-refractivity contribution in [1.82, 2.24) is 0 Å². The van der Waals surface area contributed by atoms with Gasteiger partial charge < -0.3 is 5.32 Å². The second kappa shape index (κ2) is 5.00. The van der Waals surface area contributed by atoms with Crippen LogP contribution in [0.15, 0.2) is 42.5 Å². The second-order valence-electron chi connectivity index (χ2n) is 4.82. The van der Waals surface area contributed by atoms with Crippen molar-refractivity contribution in [1.29, 1.82) is 0 Å². The maximum atomic E-state index is 14.4. The Balaban J connectivity index is 1.87. The van der Waals surface area contributed by atoms with E-state index in [2.05, 4.69) is 5.32 Å². The molecule has 0 saturated carbocycles. The lowest BCUT2D eigenvalue weighted by Crippen LogP contribution is -2.03. The fourth-order valence-electron chi connectivity index (χ4n) is 2.59. The zero-order chi connectivity index (χ0) is 13.2. The number of para-hydroxylation sites is 1. The Bertz CT molecular complexity index is 595. The molecule has 1 heterocycles. The van der Waals surface area contributed by atoms with Crippen molar-refractivity contribution < 1.29 is 8.78 Å². The molecule has 1 unspecified atom stereocenters. The molecular weight excluding hydrogens is 244 g/mol. The van der Waals surface area contributed by atoms with E-state index < -0.39 is 6.17 Å². The van der Waals surface area contributed by atoms with Crippen molar-refractivity contribution in [3.05, 3.63) is 65.0 Å². The maximum Gasteiger partial charge on any atom is 0.131 e. The van der Waals surface area contributed by atoms with E-state index in [4.69, 9.17) is 0 Å². The number of halogens is 2. The average molecular weight is 259 g/mol. The highest BCUT2D eigenvalue weighted by Crippen LogP contribution is 2.34. The lowest BCUT2D eigenvalue weighted by atomic mass is 9.98. The minimum Gasteiger partial charge on any atom is -0.384 e. The largest absolute Gasteiger partial charge is 0.384 e. The van der Waals surface area contributed by atoms with E-state index in [1.54, 1.807) is 24.3 Å². The molecule has 1 atom stereocenters. The number of hydrogen-bond acceptors (Lipinski definition) is 1. The van der Waals surface area contributed by atoms with Gasteiger partial charge in [-0.25, -0.2) is 8.78 Å². The molecule has 0 aromatic heterocycles. The molecule has 3 rings (SSSR count). The molecule has 2 aromatic carbocycles. The van der Waals surface area contributed by atoms with Crippen LogP contribution in [-0.4, -0.2) is 6.54 Å². The van der Waals surface area contributed by atoms with Gasteiger partial charge in [-0.1, -0.05) is 36.4 Å². The minimum atomic E-state index is -1.18. The normalized spacial score (nSPS) is 14.8. The van der Waals surface area contributed by atoms with Crippen molar-refractivity contribution in [3.63, 3.8) is 0 Å². The molecule has 0 amide bonds. The van der Waals surface area contributed by atoms with Crippen molar-refractivity contribution in [2.75, 3.05) is 11.9 Å². The highest BCUT2D eigenvalue weighted by atomic mass is 19.1. The topological polar surface area (TPSA) is 12.0 Å². The Morgan fingerprint density at radius 1 is 1.11 bits per heavy atom. The molecule has 0 saturated heterocycles. The lowest BCUT2D eigenvalue weighted by Gasteiger charge is -2.14. The highest BCUT2D eigenvalue weighted by Gasteiger charge is 2.21. The number of anilines is 1. The molecule has 98 valence electrons. The van der Waals surface area contributed by atoms with Gasteiger partial charge in [0.1, 0.15) is 12.0 Å². The van der Waals surface area contributed by atoms with Crippen LogP contribution in [0.4, 0.5) is 14.5 Å². The third-order valence-electron chi connectivity index (χ3n) is 3.57. The summed E-state index contributed by atoms with van der Waals surface area (Å²) in [6, 6.07) is 12.0. The summed E-state index contributed by atoms with van der Waals surface area (Å²) < 4.78 is 28.0. The van der Waals surface area contributed by atoms with E-state index in [9.17, 15) is 8.78 Å². The number of fused-ring (bicyclic) bond motifs is 1. The molecule has 1 N–H and O–H groups in total. The molecule has 0 fully saturated rings. The zero-order valence-corrected chi connectivity index (χ0v) is 10.5. The fraction of sp³-hybridized carbons (Fsp3) is 0.250. The van der Waals surface area contributed by atoms with E-state index in [-0.39, 0.29) is 12.2 Å². The van der Waals surface area contributed by atoms with Gasteiger partial charge in [0, 0.05) is 24.2 Å². The summed E-state index contributed by atoms with van der Waals surface area (Å²) in [6.07, 6.45) is -0.183. The van der Waals surface area contributed by atoms with E-state index in [0.29, 0.717) is 11.1 Å². The monoisotopic (exact) mass is 259 g/mol. The van der Waals surface area contributed by atoms with E-state index in [1.165, 1.54) is 6.07 Å². The average Bonchev–Trinajstić information content (AvgIpc) is 2.89. The number of hydrogen-bond donors (Lipinski definition) is 1. The van der Waals surface area contributed by atoms with Gasteiger partial charge >= 0.3 is 0 Å². The van der Waals surface area contributed by atoms with Crippen LogP contribution < -0.4 is 5.32 Å². The number of nitrogens with one attached hydrogen (secondary N) is 1. The molecule has 3 heteroatoms. The molecule has 0 radical (unpaired) electrons. The van der Waals surface area contributed by atoms with Crippen LogP contribution in [0, 0.1) is 5.82 Å². The third kappa shape index (κ3) is 2.33. The van der Waals surface area contributed by atoms with E-state index in [1.807, 2.05) is 12.1 Å². The standard InChI is InChI=1S/C16H15F2N/c17-14-7-2-1-4-12(14)10-15(18)13-6-3-5-11-8-9-19-16(11)13/h1-7,15,19H,8-10H2. The summed E-state index contributed by atoms with van der Waals surface area (Å²) in [5, 5.41) is 3.22. The Kier molecular flexibility index (Phi) is 3.20. The summed E-state index contributed by atoms with van der Waals surface area (Å²) in [7, 11) is 0. The van der Waals surface area contributed by atoms with Crippen molar-refractivity contribution in [2.24, 2.45) is 0 Å². The first-order valence-electron chi connectivity index (χ1n) is 6.49. The van der Waals surface area contributed by atoms with Crippen LogP contribution >= 0.6 is 0 Å². The number of benzene rings is 2. The maximum absolute atomic E-state index is 14.4. The van der Waals surface area contributed by atoms with Gasteiger partial charge in [0.25, 0.3) is 0 Å².